The Labute approximate surface area is 122 Å². The van der Waals surface area contributed by atoms with E-state index in [2.05, 4.69) is 30.6 Å². The summed E-state index contributed by atoms with van der Waals surface area (Å²) in [4.78, 5) is 17.3. The number of fused-ring (bicyclic) bond motifs is 2. The molecule has 4 nitrogen and oxygen atoms in total. The molecule has 2 bridgehead atoms. The fraction of sp³-hybridized carbons (Fsp3) is 0.938. The summed E-state index contributed by atoms with van der Waals surface area (Å²) in [5.41, 5.74) is 0.229. The van der Waals surface area contributed by atoms with E-state index in [1.54, 1.807) is 0 Å². The Bertz CT molecular complexity index is 359. The first kappa shape index (κ1) is 14.3. The number of amides is 1. The lowest BCUT2D eigenvalue weighted by molar-refractivity contribution is -0.159. The molecule has 20 heavy (non-hydrogen) atoms. The highest BCUT2D eigenvalue weighted by Crippen LogP contribution is 2.36. The largest absolute Gasteiger partial charge is 0.381 e. The van der Waals surface area contributed by atoms with Crippen LogP contribution in [0.3, 0.4) is 0 Å². The Hall–Kier alpha value is -0.610. The van der Waals surface area contributed by atoms with Gasteiger partial charge in [0, 0.05) is 50.3 Å². The Kier molecular flexibility index (Phi) is 3.80. The van der Waals surface area contributed by atoms with Gasteiger partial charge >= 0.3 is 0 Å². The van der Waals surface area contributed by atoms with Gasteiger partial charge in [-0.15, -0.1) is 0 Å². The van der Waals surface area contributed by atoms with Crippen LogP contribution in [-0.4, -0.2) is 59.6 Å². The van der Waals surface area contributed by atoms with Crippen LogP contribution in [0.4, 0.5) is 0 Å². The molecule has 0 radical (unpaired) electrons. The van der Waals surface area contributed by atoms with E-state index < -0.39 is 0 Å². The third kappa shape index (κ3) is 2.73. The van der Waals surface area contributed by atoms with Crippen LogP contribution in [0.1, 0.15) is 46.5 Å². The van der Waals surface area contributed by atoms with Gasteiger partial charge in [-0.05, 0) is 46.0 Å². The van der Waals surface area contributed by atoms with Crippen LogP contribution in [0.25, 0.3) is 0 Å². The zero-order valence-corrected chi connectivity index (χ0v) is 13.1. The Morgan fingerprint density at radius 3 is 2.30 bits per heavy atom. The van der Waals surface area contributed by atoms with Crippen molar-refractivity contribution in [1.82, 2.24) is 9.80 Å². The average Bonchev–Trinajstić information content (AvgIpc) is 2.38. The summed E-state index contributed by atoms with van der Waals surface area (Å²) in [6.07, 6.45) is 4.07. The molecule has 4 heteroatoms. The fourth-order valence-electron chi connectivity index (χ4n) is 3.87. The number of rotatable bonds is 2. The van der Waals surface area contributed by atoms with Crippen molar-refractivity contribution in [3.63, 3.8) is 0 Å². The maximum atomic E-state index is 12.5. The number of ether oxygens (including phenoxy) is 1. The summed E-state index contributed by atoms with van der Waals surface area (Å²) in [5.74, 6) is 0.947. The third-order valence-corrected chi connectivity index (χ3v) is 5.23. The second-order valence-corrected chi connectivity index (χ2v) is 7.68. The van der Waals surface area contributed by atoms with Crippen molar-refractivity contribution in [2.24, 2.45) is 5.92 Å². The lowest BCUT2D eigenvalue weighted by atomic mass is 9.83. The van der Waals surface area contributed by atoms with Gasteiger partial charge in [0.1, 0.15) is 0 Å². The van der Waals surface area contributed by atoms with Gasteiger partial charge in [-0.25, -0.2) is 0 Å². The quantitative estimate of drug-likeness (QED) is 0.774. The summed E-state index contributed by atoms with van der Waals surface area (Å²) in [7, 11) is 0. The van der Waals surface area contributed by atoms with Gasteiger partial charge in [-0.1, -0.05) is 0 Å². The molecule has 4 aliphatic rings. The summed E-state index contributed by atoms with van der Waals surface area (Å²) < 4.78 is 5.38. The van der Waals surface area contributed by atoms with Crippen molar-refractivity contribution in [2.75, 3.05) is 26.3 Å². The van der Waals surface area contributed by atoms with Crippen molar-refractivity contribution in [1.29, 1.82) is 0 Å². The molecule has 0 saturated carbocycles. The van der Waals surface area contributed by atoms with E-state index in [-0.39, 0.29) is 5.54 Å². The predicted octanol–water partition coefficient (Wildman–Crippen LogP) is 1.89. The van der Waals surface area contributed by atoms with Crippen molar-refractivity contribution < 1.29 is 9.53 Å². The Balaban J connectivity index is 1.54. The SMILES string of the molecule is CC(C)(C)N1CC2CC(C1)N2C(=O)CC1CCOCC1. The molecule has 0 aliphatic carbocycles. The summed E-state index contributed by atoms with van der Waals surface area (Å²) in [5, 5.41) is 0. The monoisotopic (exact) mass is 280 g/mol. The minimum absolute atomic E-state index is 0.229. The van der Waals surface area contributed by atoms with E-state index in [1.807, 2.05) is 0 Å². The molecule has 0 aromatic heterocycles. The Morgan fingerprint density at radius 1 is 1.15 bits per heavy atom. The second-order valence-electron chi connectivity index (χ2n) is 7.68. The van der Waals surface area contributed by atoms with Crippen LogP contribution < -0.4 is 0 Å². The van der Waals surface area contributed by atoms with Gasteiger partial charge in [0.15, 0.2) is 0 Å². The van der Waals surface area contributed by atoms with E-state index >= 15 is 0 Å². The number of carbonyl (C=O) groups excluding carboxylic acids is 1. The highest BCUT2D eigenvalue weighted by atomic mass is 16.5. The first-order chi connectivity index (χ1) is 9.45. The molecule has 114 valence electrons. The molecule has 2 unspecified atom stereocenters. The van der Waals surface area contributed by atoms with Crippen molar-refractivity contribution in [2.45, 2.75) is 64.1 Å². The van der Waals surface area contributed by atoms with Gasteiger partial charge in [0.05, 0.1) is 0 Å². The minimum atomic E-state index is 0.229. The molecule has 0 N–H and O–H groups in total. The van der Waals surface area contributed by atoms with Gasteiger partial charge in [0.2, 0.25) is 5.91 Å². The van der Waals surface area contributed by atoms with E-state index in [9.17, 15) is 4.79 Å². The fourth-order valence-corrected chi connectivity index (χ4v) is 3.87. The lowest BCUT2D eigenvalue weighted by Crippen LogP contribution is -2.72. The predicted molar refractivity (Wildman–Crippen MR) is 78.5 cm³/mol. The minimum Gasteiger partial charge on any atom is -0.381 e. The molecule has 1 amide bonds. The first-order valence-electron chi connectivity index (χ1n) is 8.09. The molecule has 2 atom stereocenters. The summed E-state index contributed by atoms with van der Waals surface area (Å²) >= 11 is 0. The standard InChI is InChI=1S/C16H28N2O2/c1-16(2,3)17-10-13-9-14(11-17)18(13)15(19)8-12-4-6-20-7-5-12/h12-14H,4-11H2,1-3H3. The molecule has 0 aromatic rings. The summed E-state index contributed by atoms with van der Waals surface area (Å²) in [6, 6.07) is 0.945. The topological polar surface area (TPSA) is 32.8 Å². The normalized spacial score (nSPS) is 32.0. The molecule has 4 saturated heterocycles. The molecule has 0 spiro atoms. The van der Waals surface area contributed by atoms with Crippen molar-refractivity contribution >= 4 is 5.91 Å². The van der Waals surface area contributed by atoms with Crippen LogP contribution >= 0.6 is 0 Å². The van der Waals surface area contributed by atoms with Crippen LogP contribution in [-0.2, 0) is 9.53 Å². The second kappa shape index (κ2) is 5.30. The Morgan fingerprint density at radius 2 is 1.75 bits per heavy atom. The van der Waals surface area contributed by atoms with Crippen molar-refractivity contribution in [3.05, 3.63) is 0 Å². The van der Waals surface area contributed by atoms with Crippen molar-refractivity contribution in [3.8, 4) is 0 Å². The summed E-state index contributed by atoms with van der Waals surface area (Å²) in [6.45, 7) is 10.6. The number of carbonyl (C=O) groups is 1. The molecule has 4 rings (SSSR count). The van der Waals surface area contributed by atoms with E-state index in [1.165, 1.54) is 6.42 Å². The molecule has 4 aliphatic heterocycles. The van der Waals surface area contributed by atoms with E-state index in [0.29, 0.717) is 23.9 Å². The van der Waals surface area contributed by atoms with Gasteiger partial charge in [0.25, 0.3) is 0 Å². The maximum absolute atomic E-state index is 12.5. The first-order valence-corrected chi connectivity index (χ1v) is 8.09. The molecular weight excluding hydrogens is 252 g/mol. The maximum Gasteiger partial charge on any atom is 0.223 e. The zero-order chi connectivity index (χ0) is 14.3. The number of piperazine rings is 1. The third-order valence-electron chi connectivity index (χ3n) is 5.23. The van der Waals surface area contributed by atoms with Crippen LogP contribution in [0.5, 0.6) is 0 Å². The molecule has 4 fully saturated rings. The van der Waals surface area contributed by atoms with Crippen LogP contribution in [0, 0.1) is 5.92 Å². The van der Waals surface area contributed by atoms with Gasteiger partial charge < -0.3 is 9.64 Å². The molecule has 0 aromatic carbocycles. The smallest absolute Gasteiger partial charge is 0.223 e. The highest BCUT2D eigenvalue weighted by Gasteiger charge is 2.48. The van der Waals surface area contributed by atoms with Gasteiger partial charge in [-0.2, -0.15) is 0 Å². The van der Waals surface area contributed by atoms with Crippen LogP contribution in [0.2, 0.25) is 0 Å². The number of hydrogen-bond donors (Lipinski definition) is 0. The zero-order valence-electron chi connectivity index (χ0n) is 13.1. The van der Waals surface area contributed by atoms with E-state index in [4.69, 9.17) is 4.74 Å². The van der Waals surface area contributed by atoms with Gasteiger partial charge in [-0.3, -0.25) is 9.69 Å². The number of piperidine rings is 1. The number of hydrogen-bond acceptors (Lipinski definition) is 3. The lowest BCUT2D eigenvalue weighted by Gasteiger charge is -2.59. The highest BCUT2D eigenvalue weighted by molar-refractivity contribution is 5.78. The average molecular weight is 280 g/mol. The molecule has 4 heterocycles. The molecular formula is C16H28N2O2. The number of nitrogens with zero attached hydrogens (tertiary/aromatic N) is 2. The van der Waals surface area contributed by atoms with Crippen LogP contribution in [0.15, 0.2) is 0 Å². The van der Waals surface area contributed by atoms with E-state index in [0.717, 1.165) is 45.6 Å².